The summed E-state index contributed by atoms with van der Waals surface area (Å²) in [5, 5.41) is 4.66. The fourth-order valence-electron chi connectivity index (χ4n) is 3.64. The van der Waals surface area contributed by atoms with E-state index in [1.807, 2.05) is 72.8 Å². The van der Waals surface area contributed by atoms with Crippen LogP contribution in [0.4, 0.5) is 0 Å². The molecule has 164 valence electrons. The van der Waals surface area contributed by atoms with Crippen molar-refractivity contribution in [2.45, 2.75) is 6.42 Å². The minimum atomic E-state index is 0.525. The van der Waals surface area contributed by atoms with Gasteiger partial charge >= 0.3 is 0 Å². The number of hydrogen-bond acceptors (Lipinski definition) is 6. The molecule has 0 bridgehead atoms. The summed E-state index contributed by atoms with van der Waals surface area (Å²) in [4.78, 5) is 9.41. The van der Waals surface area contributed by atoms with E-state index in [9.17, 15) is 0 Å². The van der Waals surface area contributed by atoms with Gasteiger partial charge in [-0.2, -0.15) is 5.10 Å². The van der Waals surface area contributed by atoms with Gasteiger partial charge in [-0.05, 0) is 42.0 Å². The zero-order chi connectivity index (χ0) is 22.6. The third kappa shape index (κ3) is 4.34. The van der Waals surface area contributed by atoms with Gasteiger partial charge in [0.1, 0.15) is 28.7 Å². The summed E-state index contributed by atoms with van der Waals surface area (Å²) in [6, 6.07) is 23.2. The first-order chi connectivity index (χ1) is 16.2. The van der Waals surface area contributed by atoms with Gasteiger partial charge < -0.3 is 14.2 Å². The standard InChI is InChI=1S/C26H22N4O3/c1-31-20-14-18(15-21(17-20)32-2)16-24-28-26-25(27-12-13-30(26)29-24)22-10-6-7-11-23(22)33-19-8-4-3-5-9-19/h3-15,17H,16H2,1-2H3. The maximum Gasteiger partial charge on any atom is 0.182 e. The normalized spacial score (nSPS) is 10.8. The number of aromatic nitrogens is 4. The molecule has 0 saturated heterocycles. The number of nitrogens with zero attached hydrogens (tertiary/aromatic N) is 4. The van der Waals surface area contributed by atoms with Crippen molar-refractivity contribution in [2.24, 2.45) is 0 Å². The number of rotatable bonds is 7. The van der Waals surface area contributed by atoms with Crippen LogP contribution in [0.15, 0.2) is 85.2 Å². The van der Waals surface area contributed by atoms with Crippen LogP contribution in [0.25, 0.3) is 16.9 Å². The Morgan fingerprint density at radius 2 is 1.55 bits per heavy atom. The molecule has 7 heteroatoms. The topological polar surface area (TPSA) is 70.8 Å². The fourth-order valence-corrected chi connectivity index (χ4v) is 3.64. The Hall–Kier alpha value is -4.39. The van der Waals surface area contributed by atoms with Gasteiger partial charge in [-0.15, -0.1) is 0 Å². The summed E-state index contributed by atoms with van der Waals surface area (Å²) < 4.78 is 18.7. The highest BCUT2D eigenvalue weighted by molar-refractivity contribution is 5.78. The molecule has 0 aliphatic carbocycles. The lowest BCUT2D eigenvalue weighted by atomic mass is 10.1. The molecule has 0 unspecified atom stereocenters. The lowest BCUT2D eigenvalue weighted by Crippen LogP contribution is -1.95. The monoisotopic (exact) mass is 438 g/mol. The minimum absolute atomic E-state index is 0.525. The predicted octanol–water partition coefficient (Wildman–Crippen LogP) is 5.19. The number of fused-ring (bicyclic) bond motifs is 1. The van der Waals surface area contributed by atoms with E-state index in [0.29, 0.717) is 29.3 Å². The van der Waals surface area contributed by atoms with E-state index >= 15 is 0 Å². The molecule has 5 rings (SSSR count). The zero-order valence-electron chi connectivity index (χ0n) is 18.3. The van der Waals surface area contributed by atoms with E-state index in [-0.39, 0.29) is 0 Å². The van der Waals surface area contributed by atoms with E-state index in [1.165, 1.54) is 0 Å². The van der Waals surface area contributed by atoms with Crippen molar-refractivity contribution < 1.29 is 14.2 Å². The van der Waals surface area contributed by atoms with E-state index in [1.54, 1.807) is 31.1 Å². The molecule has 3 aromatic carbocycles. The Kier molecular flexibility index (Phi) is 5.59. The molecule has 7 nitrogen and oxygen atoms in total. The highest BCUT2D eigenvalue weighted by Gasteiger charge is 2.16. The predicted molar refractivity (Wildman–Crippen MR) is 125 cm³/mol. The second kappa shape index (κ2) is 9.00. The summed E-state index contributed by atoms with van der Waals surface area (Å²) in [6.45, 7) is 0. The Morgan fingerprint density at radius 1 is 0.818 bits per heavy atom. The SMILES string of the molecule is COc1cc(Cc2nc3c(-c4ccccc4Oc4ccccc4)nccn3n2)cc(OC)c1. The van der Waals surface area contributed by atoms with E-state index in [4.69, 9.17) is 19.2 Å². The van der Waals surface area contributed by atoms with Gasteiger partial charge in [0, 0.05) is 30.4 Å². The zero-order valence-corrected chi connectivity index (χ0v) is 18.3. The fraction of sp³-hybridized carbons (Fsp3) is 0.115. The summed E-state index contributed by atoms with van der Waals surface area (Å²) in [6.07, 6.45) is 4.04. The van der Waals surface area contributed by atoms with Gasteiger partial charge in [0.15, 0.2) is 11.5 Å². The molecule has 0 radical (unpaired) electrons. The molecule has 0 fully saturated rings. The summed E-state index contributed by atoms with van der Waals surface area (Å²) in [5.41, 5.74) is 3.19. The molecule has 5 aromatic rings. The van der Waals surface area contributed by atoms with Crippen molar-refractivity contribution in [3.05, 3.63) is 96.6 Å². The third-order valence-corrected chi connectivity index (χ3v) is 5.19. The molecule has 0 atom stereocenters. The second-order valence-electron chi connectivity index (χ2n) is 7.38. The summed E-state index contributed by atoms with van der Waals surface area (Å²) >= 11 is 0. The average molecular weight is 438 g/mol. The van der Waals surface area contributed by atoms with Crippen LogP contribution in [0.5, 0.6) is 23.0 Å². The number of para-hydroxylation sites is 2. The van der Waals surface area contributed by atoms with Crippen LogP contribution in [-0.4, -0.2) is 33.8 Å². The molecule has 0 aliphatic rings. The van der Waals surface area contributed by atoms with Crippen LogP contribution < -0.4 is 14.2 Å². The van der Waals surface area contributed by atoms with Gasteiger partial charge in [0.05, 0.1) is 14.2 Å². The van der Waals surface area contributed by atoms with Crippen LogP contribution in [0.3, 0.4) is 0 Å². The molecule has 0 N–H and O–H groups in total. The van der Waals surface area contributed by atoms with Crippen molar-refractivity contribution in [1.82, 2.24) is 19.6 Å². The van der Waals surface area contributed by atoms with Crippen LogP contribution >= 0.6 is 0 Å². The van der Waals surface area contributed by atoms with Crippen molar-refractivity contribution in [3.63, 3.8) is 0 Å². The molecule has 2 aromatic heterocycles. The third-order valence-electron chi connectivity index (χ3n) is 5.19. The Morgan fingerprint density at radius 3 is 2.30 bits per heavy atom. The van der Waals surface area contributed by atoms with Crippen molar-refractivity contribution >= 4 is 5.65 Å². The highest BCUT2D eigenvalue weighted by Crippen LogP contribution is 2.34. The second-order valence-corrected chi connectivity index (χ2v) is 7.38. The molecule has 0 amide bonds. The van der Waals surface area contributed by atoms with Gasteiger partial charge in [-0.25, -0.2) is 9.50 Å². The number of methoxy groups -OCH3 is 2. The first-order valence-electron chi connectivity index (χ1n) is 10.5. The lowest BCUT2D eigenvalue weighted by molar-refractivity contribution is 0.393. The lowest BCUT2D eigenvalue weighted by Gasteiger charge is -2.11. The number of hydrogen-bond donors (Lipinski definition) is 0. The molecule has 0 aliphatic heterocycles. The average Bonchev–Trinajstić information content (AvgIpc) is 3.27. The van der Waals surface area contributed by atoms with Crippen molar-refractivity contribution in [2.75, 3.05) is 14.2 Å². The van der Waals surface area contributed by atoms with Crippen LogP contribution in [-0.2, 0) is 6.42 Å². The molecule has 0 spiro atoms. The smallest absolute Gasteiger partial charge is 0.182 e. The van der Waals surface area contributed by atoms with Gasteiger partial charge in [0.2, 0.25) is 0 Å². The molecule has 0 saturated carbocycles. The maximum absolute atomic E-state index is 6.14. The first kappa shape index (κ1) is 20.5. The van der Waals surface area contributed by atoms with E-state index in [0.717, 1.165) is 28.4 Å². The molecular weight excluding hydrogens is 416 g/mol. The number of benzene rings is 3. The van der Waals surface area contributed by atoms with Crippen molar-refractivity contribution in [1.29, 1.82) is 0 Å². The van der Waals surface area contributed by atoms with Gasteiger partial charge in [-0.1, -0.05) is 30.3 Å². The van der Waals surface area contributed by atoms with E-state index in [2.05, 4.69) is 10.1 Å². The molecule has 33 heavy (non-hydrogen) atoms. The highest BCUT2D eigenvalue weighted by atomic mass is 16.5. The quantitative estimate of drug-likeness (QED) is 0.348. The minimum Gasteiger partial charge on any atom is -0.497 e. The largest absolute Gasteiger partial charge is 0.497 e. The van der Waals surface area contributed by atoms with Crippen molar-refractivity contribution in [3.8, 4) is 34.3 Å². The van der Waals surface area contributed by atoms with Crippen LogP contribution in [0.2, 0.25) is 0 Å². The summed E-state index contributed by atoms with van der Waals surface area (Å²) in [5.74, 6) is 3.57. The Balaban J connectivity index is 1.52. The summed E-state index contributed by atoms with van der Waals surface area (Å²) in [7, 11) is 3.27. The van der Waals surface area contributed by atoms with Gasteiger partial charge in [-0.3, -0.25) is 4.98 Å². The van der Waals surface area contributed by atoms with Crippen LogP contribution in [0.1, 0.15) is 11.4 Å². The van der Waals surface area contributed by atoms with Gasteiger partial charge in [0.25, 0.3) is 0 Å². The number of ether oxygens (including phenoxy) is 3. The molecular formula is C26H22N4O3. The maximum atomic E-state index is 6.14. The molecule has 2 heterocycles. The Labute approximate surface area is 191 Å². The van der Waals surface area contributed by atoms with Crippen LogP contribution in [0, 0.1) is 0 Å². The Bertz CT molecular complexity index is 1380. The van der Waals surface area contributed by atoms with E-state index < -0.39 is 0 Å². The first-order valence-corrected chi connectivity index (χ1v) is 10.5.